The number of aliphatic hydroxyl groups excluding tert-OH is 1. The molecule has 1 rings (SSSR count). The topological polar surface area (TPSA) is 58.6 Å². The Bertz CT molecular complexity index is 343. The van der Waals surface area contributed by atoms with Crippen molar-refractivity contribution in [3.8, 4) is 0 Å². The number of hydrogen-bond acceptors (Lipinski definition) is 4. The largest absolute Gasteiger partial charge is 0.467 e. The van der Waals surface area contributed by atoms with Gasteiger partial charge < -0.3 is 15.2 Å². The summed E-state index contributed by atoms with van der Waals surface area (Å²) < 4.78 is 4.51. The first kappa shape index (κ1) is 11.8. The van der Waals surface area contributed by atoms with E-state index in [0.29, 0.717) is 10.7 Å². The first-order chi connectivity index (χ1) is 7.19. The first-order valence-electron chi connectivity index (χ1n) is 4.38. The van der Waals surface area contributed by atoms with Crippen molar-refractivity contribution in [1.29, 1.82) is 0 Å². The van der Waals surface area contributed by atoms with E-state index in [9.17, 15) is 4.79 Å². The van der Waals surface area contributed by atoms with Crippen molar-refractivity contribution in [2.45, 2.75) is 6.04 Å². The van der Waals surface area contributed by atoms with E-state index in [0.717, 1.165) is 0 Å². The molecule has 0 fully saturated rings. The third kappa shape index (κ3) is 3.11. The zero-order valence-corrected chi connectivity index (χ0v) is 8.99. The highest BCUT2D eigenvalue weighted by molar-refractivity contribution is 6.33. The molecule has 0 heterocycles. The molecular weight excluding hydrogens is 218 g/mol. The van der Waals surface area contributed by atoms with Crippen LogP contribution in [0.3, 0.4) is 0 Å². The highest BCUT2D eigenvalue weighted by Crippen LogP contribution is 2.21. The van der Waals surface area contributed by atoms with Gasteiger partial charge in [-0.2, -0.15) is 0 Å². The highest BCUT2D eigenvalue weighted by Gasteiger charge is 2.18. The number of para-hydroxylation sites is 1. The van der Waals surface area contributed by atoms with Crippen LogP contribution in [0, 0.1) is 0 Å². The van der Waals surface area contributed by atoms with E-state index in [2.05, 4.69) is 10.1 Å². The van der Waals surface area contributed by atoms with Crippen molar-refractivity contribution in [2.75, 3.05) is 19.0 Å². The molecule has 1 atom stereocenters. The molecule has 0 aliphatic rings. The first-order valence-corrected chi connectivity index (χ1v) is 4.76. The lowest BCUT2D eigenvalue weighted by Gasteiger charge is -2.15. The number of nitrogens with one attached hydrogen (secondary N) is 1. The number of carbonyl (C=O) groups is 1. The summed E-state index contributed by atoms with van der Waals surface area (Å²) in [7, 11) is 1.26. The standard InChI is InChI=1S/C10H12ClNO3/c1-15-10(14)9(6-13)12-8-5-3-2-4-7(8)11/h2-5,9,12-13H,6H2,1H3. The Hall–Kier alpha value is -1.26. The zero-order valence-electron chi connectivity index (χ0n) is 8.24. The Morgan fingerprint density at radius 1 is 1.60 bits per heavy atom. The van der Waals surface area contributed by atoms with E-state index >= 15 is 0 Å². The maximum Gasteiger partial charge on any atom is 0.330 e. The van der Waals surface area contributed by atoms with Gasteiger partial charge in [0.15, 0.2) is 0 Å². The van der Waals surface area contributed by atoms with Crippen LogP contribution < -0.4 is 5.32 Å². The second-order valence-electron chi connectivity index (χ2n) is 2.88. The summed E-state index contributed by atoms with van der Waals surface area (Å²) in [5.74, 6) is -0.530. The van der Waals surface area contributed by atoms with Gasteiger partial charge in [-0.15, -0.1) is 0 Å². The van der Waals surface area contributed by atoms with E-state index in [1.54, 1.807) is 24.3 Å². The summed E-state index contributed by atoms with van der Waals surface area (Å²) >= 11 is 5.88. The molecule has 0 bridgehead atoms. The number of methoxy groups -OCH3 is 1. The lowest BCUT2D eigenvalue weighted by molar-refractivity contribution is -0.142. The monoisotopic (exact) mass is 229 g/mol. The number of benzene rings is 1. The average Bonchev–Trinajstić information content (AvgIpc) is 2.27. The Labute approximate surface area is 92.8 Å². The number of carbonyl (C=O) groups excluding carboxylic acids is 1. The Kier molecular flexibility index (Phi) is 4.39. The van der Waals surface area contributed by atoms with Crippen molar-refractivity contribution < 1.29 is 14.6 Å². The van der Waals surface area contributed by atoms with Gasteiger partial charge in [0.1, 0.15) is 6.04 Å². The summed E-state index contributed by atoms with van der Waals surface area (Å²) in [6.07, 6.45) is 0. The molecule has 0 aromatic heterocycles. The Balaban J connectivity index is 2.75. The van der Waals surface area contributed by atoms with E-state index < -0.39 is 12.0 Å². The third-order valence-electron chi connectivity index (χ3n) is 1.87. The second kappa shape index (κ2) is 5.58. The summed E-state index contributed by atoms with van der Waals surface area (Å²) in [4.78, 5) is 11.2. The minimum Gasteiger partial charge on any atom is -0.467 e. The lowest BCUT2D eigenvalue weighted by Crippen LogP contribution is -2.34. The van der Waals surface area contributed by atoms with Crippen LogP contribution in [0.2, 0.25) is 5.02 Å². The molecule has 0 aliphatic carbocycles. The third-order valence-corrected chi connectivity index (χ3v) is 2.20. The number of esters is 1. The molecule has 4 nitrogen and oxygen atoms in total. The quantitative estimate of drug-likeness (QED) is 0.764. The summed E-state index contributed by atoms with van der Waals surface area (Å²) in [6.45, 7) is -0.349. The molecule has 0 aliphatic heterocycles. The molecule has 82 valence electrons. The van der Waals surface area contributed by atoms with E-state index in [-0.39, 0.29) is 6.61 Å². The average molecular weight is 230 g/mol. The molecule has 0 saturated heterocycles. The van der Waals surface area contributed by atoms with Gasteiger partial charge in [-0.05, 0) is 12.1 Å². The van der Waals surface area contributed by atoms with Crippen LogP contribution in [-0.4, -0.2) is 30.8 Å². The van der Waals surface area contributed by atoms with Gasteiger partial charge in [0.2, 0.25) is 0 Å². The van der Waals surface area contributed by atoms with E-state index in [1.165, 1.54) is 7.11 Å². The number of hydrogen-bond donors (Lipinski definition) is 2. The lowest BCUT2D eigenvalue weighted by atomic mass is 10.2. The van der Waals surface area contributed by atoms with Gasteiger partial charge in [-0.3, -0.25) is 0 Å². The minimum absolute atomic E-state index is 0.349. The SMILES string of the molecule is COC(=O)C(CO)Nc1ccccc1Cl. The predicted octanol–water partition coefficient (Wildman–Crippen LogP) is 1.29. The highest BCUT2D eigenvalue weighted by atomic mass is 35.5. The molecule has 0 amide bonds. The van der Waals surface area contributed by atoms with E-state index in [4.69, 9.17) is 16.7 Å². The number of rotatable bonds is 4. The number of anilines is 1. The van der Waals surface area contributed by atoms with Crippen molar-refractivity contribution in [2.24, 2.45) is 0 Å². The fourth-order valence-corrected chi connectivity index (χ4v) is 1.28. The van der Waals surface area contributed by atoms with Crippen LogP contribution in [-0.2, 0) is 9.53 Å². The molecule has 2 N–H and O–H groups in total. The molecule has 1 aromatic carbocycles. The van der Waals surface area contributed by atoms with Crippen molar-refractivity contribution >= 4 is 23.3 Å². The molecule has 0 spiro atoms. The zero-order chi connectivity index (χ0) is 11.3. The molecule has 15 heavy (non-hydrogen) atoms. The van der Waals surface area contributed by atoms with Crippen LogP contribution in [0.1, 0.15) is 0 Å². The van der Waals surface area contributed by atoms with Crippen LogP contribution in [0.4, 0.5) is 5.69 Å². The van der Waals surface area contributed by atoms with Crippen molar-refractivity contribution in [3.63, 3.8) is 0 Å². The summed E-state index contributed by atoms with van der Waals surface area (Å²) in [5, 5.41) is 12.3. The van der Waals surface area contributed by atoms with Crippen LogP contribution >= 0.6 is 11.6 Å². The van der Waals surface area contributed by atoms with Gasteiger partial charge in [0.05, 0.1) is 24.4 Å². The Morgan fingerprint density at radius 2 is 2.27 bits per heavy atom. The summed E-state index contributed by atoms with van der Waals surface area (Å²) in [5.41, 5.74) is 0.587. The minimum atomic E-state index is -0.796. The summed E-state index contributed by atoms with van der Waals surface area (Å²) in [6, 6.07) is 6.16. The predicted molar refractivity (Wildman–Crippen MR) is 58.0 cm³/mol. The van der Waals surface area contributed by atoms with Gasteiger partial charge in [0.25, 0.3) is 0 Å². The fraction of sp³-hybridized carbons (Fsp3) is 0.300. The van der Waals surface area contributed by atoms with Crippen LogP contribution in [0.15, 0.2) is 24.3 Å². The Morgan fingerprint density at radius 3 is 2.80 bits per heavy atom. The molecule has 0 radical (unpaired) electrons. The number of halogens is 1. The molecule has 1 aromatic rings. The van der Waals surface area contributed by atoms with Gasteiger partial charge >= 0.3 is 5.97 Å². The van der Waals surface area contributed by atoms with Crippen LogP contribution in [0.5, 0.6) is 0 Å². The molecule has 0 saturated carbocycles. The van der Waals surface area contributed by atoms with Gasteiger partial charge in [0, 0.05) is 0 Å². The molecule has 1 unspecified atom stereocenters. The number of aliphatic hydroxyl groups is 1. The maximum atomic E-state index is 11.2. The van der Waals surface area contributed by atoms with Gasteiger partial charge in [-0.25, -0.2) is 4.79 Å². The van der Waals surface area contributed by atoms with Crippen molar-refractivity contribution in [1.82, 2.24) is 0 Å². The molecular formula is C10H12ClNO3. The fourth-order valence-electron chi connectivity index (χ4n) is 1.09. The smallest absolute Gasteiger partial charge is 0.330 e. The maximum absolute atomic E-state index is 11.2. The van der Waals surface area contributed by atoms with Crippen molar-refractivity contribution in [3.05, 3.63) is 29.3 Å². The number of ether oxygens (including phenoxy) is 1. The normalized spacial score (nSPS) is 11.9. The van der Waals surface area contributed by atoms with Crippen LogP contribution in [0.25, 0.3) is 0 Å². The molecule has 5 heteroatoms. The van der Waals surface area contributed by atoms with E-state index in [1.807, 2.05) is 0 Å². The van der Waals surface area contributed by atoms with Gasteiger partial charge in [-0.1, -0.05) is 23.7 Å². The second-order valence-corrected chi connectivity index (χ2v) is 3.29.